The molecule has 0 amide bonds. The second kappa shape index (κ2) is 10.6. The summed E-state index contributed by atoms with van der Waals surface area (Å²) in [5.74, 6) is 2.45. The Morgan fingerprint density at radius 3 is 2.41 bits per heavy atom. The van der Waals surface area contributed by atoms with Crippen LogP contribution in [0.25, 0.3) is 0 Å². The molecule has 0 atom stereocenters. The number of nitrogens with one attached hydrogen (secondary N) is 2. The summed E-state index contributed by atoms with van der Waals surface area (Å²) in [7, 11) is 0. The zero-order valence-corrected chi connectivity index (χ0v) is 17.5. The Labute approximate surface area is 176 Å². The lowest BCUT2D eigenvalue weighted by Gasteiger charge is -2.19. The Morgan fingerprint density at radius 2 is 1.72 bits per heavy atom. The van der Waals surface area contributed by atoms with Crippen molar-refractivity contribution in [1.82, 2.24) is 14.9 Å². The number of anilines is 3. The van der Waals surface area contributed by atoms with Crippen molar-refractivity contribution in [3.8, 4) is 11.5 Å². The number of para-hydroxylation sites is 1. The second-order valence-corrected chi connectivity index (χ2v) is 6.84. The van der Waals surface area contributed by atoms with Crippen molar-refractivity contribution in [1.29, 1.82) is 0 Å². The van der Waals surface area contributed by atoms with Gasteiger partial charge in [-0.2, -0.15) is 4.98 Å². The van der Waals surface area contributed by atoms with E-state index < -0.39 is 0 Å². The van der Waals surface area contributed by atoms with Crippen molar-refractivity contribution in [3.63, 3.8) is 0 Å². The van der Waals surface area contributed by atoms with Gasteiger partial charge in [-0.25, -0.2) is 4.98 Å². The zero-order valence-electron chi connectivity index (χ0n) is 16.7. The highest BCUT2D eigenvalue weighted by Gasteiger charge is 2.11. The predicted octanol–water partition coefficient (Wildman–Crippen LogP) is 5.42. The Bertz CT molecular complexity index is 885. The summed E-state index contributed by atoms with van der Waals surface area (Å²) in [6.45, 7) is 8.02. The standard InChI is InChI=1S/C22H26ClN5O/c1-3-28(4-2)15-14-24-21-20(29-19-8-6-5-7-9-19)16-25-22(27-21)26-18-12-10-17(23)11-13-18/h5-13,16H,3-4,14-15H2,1-2H3,(H2,24,25,26,27). The largest absolute Gasteiger partial charge is 0.452 e. The van der Waals surface area contributed by atoms with E-state index in [1.807, 2.05) is 54.6 Å². The average molecular weight is 412 g/mol. The fourth-order valence-electron chi connectivity index (χ4n) is 2.78. The van der Waals surface area contributed by atoms with Crippen molar-refractivity contribution in [2.45, 2.75) is 13.8 Å². The summed E-state index contributed by atoms with van der Waals surface area (Å²) in [4.78, 5) is 11.4. The number of likely N-dealkylation sites (N-methyl/N-ethyl adjacent to an activating group) is 1. The third-order valence-electron chi connectivity index (χ3n) is 4.44. The molecule has 1 heterocycles. The molecular formula is C22H26ClN5O. The molecule has 0 fully saturated rings. The molecule has 29 heavy (non-hydrogen) atoms. The third kappa shape index (κ3) is 6.34. The number of rotatable bonds is 10. The van der Waals surface area contributed by atoms with E-state index in [4.69, 9.17) is 16.3 Å². The van der Waals surface area contributed by atoms with E-state index in [-0.39, 0.29) is 0 Å². The molecule has 0 spiro atoms. The first-order chi connectivity index (χ1) is 14.2. The monoisotopic (exact) mass is 411 g/mol. The highest BCUT2D eigenvalue weighted by molar-refractivity contribution is 6.30. The van der Waals surface area contributed by atoms with Gasteiger partial charge in [-0.15, -0.1) is 0 Å². The quantitative estimate of drug-likeness (QED) is 0.464. The van der Waals surface area contributed by atoms with Gasteiger partial charge in [0, 0.05) is 23.8 Å². The van der Waals surface area contributed by atoms with Crippen LogP contribution in [-0.4, -0.2) is 41.0 Å². The van der Waals surface area contributed by atoms with E-state index in [9.17, 15) is 0 Å². The first-order valence-electron chi connectivity index (χ1n) is 9.76. The van der Waals surface area contributed by atoms with Gasteiger partial charge < -0.3 is 20.3 Å². The van der Waals surface area contributed by atoms with Crippen molar-refractivity contribution in [2.75, 3.05) is 36.8 Å². The lowest BCUT2D eigenvalue weighted by Crippen LogP contribution is -2.28. The van der Waals surface area contributed by atoms with Crippen LogP contribution in [0.5, 0.6) is 11.5 Å². The minimum atomic E-state index is 0.484. The molecule has 0 radical (unpaired) electrons. The van der Waals surface area contributed by atoms with Crippen molar-refractivity contribution < 1.29 is 4.74 Å². The van der Waals surface area contributed by atoms with Gasteiger partial charge >= 0.3 is 0 Å². The number of halogens is 1. The van der Waals surface area contributed by atoms with E-state index in [0.717, 1.165) is 37.6 Å². The van der Waals surface area contributed by atoms with Crippen LogP contribution in [0.3, 0.4) is 0 Å². The van der Waals surface area contributed by atoms with Crippen LogP contribution in [0.2, 0.25) is 5.02 Å². The van der Waals surface area contributed by atoms with E-state index in [0.29, 0.717) is 22.5 Å². The number of ether oxygens (including phenoxy) is 1. The van der Waals surface area contributed by atoms with Gasteiger partial charge in [-0.1, -0.05) is 43.6 Å². The molecule has 1 aromatic heterocycles. The number of hydrogen-bond donors (Lipinski definition) is 2. The Kier molecular flexibility index (Phi) is 7.67. The molecule has 0 aliphatic carbocycles. The summed E-state index contributed by atoms with van der Waals surface area (Å²) >= 11 is 5.95. The lowest BCUT2D eigenvalue weighted by atomic mass is 10.3. The summed E-state index contributed by atoms with van der Waals surface area (Å²) < 4.78 is 5.99. The summed E-state index contributed by atoms with van der Waals surface area (Å²) in [5, 5.41) is 7.27. The van der Waals surface area contributed by atoms with E-state index in [1.165, 1.54) is 0 Å². The van der Waals surface area contributed by atoms with Crippen LogP contribution < -0.4 is 15.4 Å². The van der Waals surface area contributed by atoms with Gasteiger partial charge in [0.05, 0.1) is 6.20 Å². The molecule has 0 aliphatic heterocycles. The lowest BCUT2D eigenvalue weighted by molar-refractivity contribution is 0.315. The summed E-state index contributed by atoms with van der Waals surface area (Å²) in [6, 6.07) is 17.0. The molecule has 0 saturated carbocycles. The van der Waals surface area contributed by atoms with Crippen molar-refractivity contribution >= 4 is 29.1 Å². The van der Waals surface area contributed by atoms with Crippen LogP contribution >= 0.6 is 11.6 Å². The number of nitrogens with zero attached hydrogens (tertiary/aromatic N) is 3. The molecule has 3 aromatic rings. The molecule has 2 N–H and O–H groups in total. The van der Waals surface area contributed by atoms with E-state index >= 15 is 0 Å². The molecule has 0 saturated heterocycles. The SMILES string of the molecule is CCN(CC)CCNc1nc(Nc2ccc(Cl)cc2)ncc1Oc1ccccc1. The van der Waals surface area contributed by atoms with Gasteiger partial charge in [0.15, 0.2) is 11.6 Å². The molecular weight excluding hydrogens is 386 g/mol. The summed E-state index contributed by atoms with van der Waals surface area (Å²) in [6.07, 6.45) is 1.68. The minimum Gasteiger partial charge on any atom is -0.452 e. The van der Waals surface area contributed by atoms with Crippen LogP contribution in [-0.2, 0) is 0 Å². The van der Waals surface area contributed by atoms with Gasteiger partial charge in [0.25, 0.3) is 0 Å². The number of hydrogen-bond acceptors (Lipinski definition) is 6. The predicted molar refractivity (Wildman–Crippen MR) is 120 cm³/mol. The molecule has 7 heteroatoms. The maximum atomic E-state index is 5.99. The van der Waals surface area contributed by atoms with Crippen molar-refractivity contribution in [2.24, 2.45) is 0 Å². The molecule has 2 aromatic carbocycles. The topological polar surface area (TPSA) is 62.3 Å². The Balaban J connectivity index is 1.77. The highest BCUT2D eigenvalue weighted by atomic mass is 35.5. The van der Waals surface area contributed by atoms with E-state index in [1.54, 1.807) is 6.20 Å². The first kappa shape index (κ1) is 20.9. The van der Waals surface area contributed by atoms with Crippen LogP contribution in [0.15, 0.2) is 60.8 Å². The molecule has 3 rings (SSSR count). The fourth-order valence-corrected chi connectivity index (χ4v) is 2.91. The fraction of sp³-hybridized carbons (Fsp3) is 0.273. The second-order valence-electron chi connectivity index (χ2n) is 6.41. The number of benzene rings is 2. The molecule has 6 nitrogen and oxygen atoms in total. The van der Waals surface area contributed by atoms with Gasteiger partial charge in [-0.05, 0) is 49.5 Å². The Hall–Kier alpha value is -2.83. The normalized spacial score (nSPS) is 10.8. The van der Waals surface area contributed by atoms with Crippen LogP contribution in [0.4, 0.5) is 17.5 Å². The first-order valence-corrected chi connectivity index (χ1v) is 10.1. The smallest absolute Gasteiger partial charge is 0.229 e. The van der Waals surface area contributed by atoms with Gasteiger partial charge in [-0.3, -0.25) is 0 Å². The molecule has 0 unspecified atom stereocenters. The van der Waals surface area contributed by atoms with E-state index in [2.05, 4.69) is 39.3 Å². The maximum Gasteiger partial charge on any atom is 0.229 e. The summed E-state index contributed by atoms with van der Waals surface area (Å²) in [5.41, 5.74) is 0.861. The average Bonchev–Trinajstić information content (AvgIpc) is 2.75. The number of aromatic nitrogens is 2. The molecule has 152 valence electrons. The maximum absolute atomic E-state index is 5.99. The van der Waals surface area contributed by atoms with Crippen molar-refractivity contribution in [3.05, 3.63) is 65.8 Å². The third-order valence-corrected chi connectivity index (χ3v) is 4.69. The zero-order chi connectivity index (χ0) is 20.5. The highest BCUT2D eigenvalue weighted by Crippen LogP contribution is 2.28. The van der Waals surface area contributed by atoms with Crippen LogP contribution in [0.1, 0.15) is 13.8 Å². The molecule has 0 bridgehead atoms. The van der Waals surface area contributed by atoms with Crippen LogP contribution in [0, 0.1) is 0 Å². The minimum absolute atomic E-state index is 0.484. The molecule has 0 aliphatic rings. The Morgan fingerprint density at radius 1 is 1.00 bits per heavy atom. The van der Waals surface area contributed by atoms with Gasteiger partial charge in [0.1, 0.15) is 5.75 Å². The van der Waals surface area contributed by atoms with Gasteiger partial charge in [0.2, 0.25) is 5.95 Å².